The van der Waals surface area contributed by atoms with Crippen molar-refractivity contribution in [3.63, 3.8) is 0 Å². The molecule has 1 aliphatic carbocycles. The summed E-state index contributed by atoms with van der Waals surface area (Å²) in [6, 6.07) is 53.4. The van der Waals surface area contributed by atoms with Gasteiger partial charge in [0.2, 0.25) is 0 Å². The molecule has 0 spiro atoms. The Morgan fingerprint density at radius 1 is 0.308 bits per heavy atom. The second kappa shape index (κ2) is 8.82. The molecule has 7 aromatic carbocycles. The van der Waals surface area contributed by atoms with E-state index >= 15 is 0 Å². The molecule has 0 N–H and O–H groups in total. The molecule has 182 valence electrons. The SMILES string of the molecule is c1ccc(-c2c3ccccc3c(-c3ccccc3)c3cc(-c4cccc5c4-c4ccccc4C5)ccc23)cc1. The molecule has 0 heterocycles. The molecule has 0 unspecified atom stereocenters. The quantitative estimate of drug-likeness (QED) is 0.214. The average molecular weight is 495 g/mol. The van der Waals surface area contributed by atoms with Crippen LogP contribution in [-0.2, 0) is 6.42 Å². The van der Waals surface area contributed by atoms with Crippen LogP contribution < -0.4 is 0 Å². The molecule has 1 aliphatic rings. The van der Waals surface area contributed by atoms with Gasteiger partial charge in [-0.15, -0.1) is 0 Å². The standard InChI is InChI=1S/C39H26/c1-3-12-26(13-4-1)37-33-19-9-10-20-34(33)38(27-14-5-2-6-15-27)36-25-29(22-23-35(36)37)32-21-11-17-30-24-28-16-7-8-18-31(28)39(30)32/h1-23,25H,24H2. The molecule has 0 heteroatoms. The van der Waals surface area contributed by atoms with Gasteiger partial charge in [0.05, 0.1) is 0 Å². The van der Waals surface area contributed by atoms with E-state index in [0.29, 0.717) is 0 Å². The van der Waals surface area contributed by atoms with Crippen LogP contribution in [0.15, 0.2) is 146 Å². The summed E-state index contributed by atoms with van der Waals surface area (Å²) in [6.45, 7) is 0. The summed E-state index contributed by atoms with van der Waals surface area (Å²) in [5.41, 5.74) is 13.3. The summed E-state index contributed by atoms with van der Waals surface area (Å²) >= 11 is 0. The van der Waals surface area contributed by atoms with Gasteiger partial charge in [-0.05, 0) is 89.7 Å². The van der Waals surface area contributed by atoms with Crippen molar-refractivity contribution in [3.05, 3.63) is 157 Å². The summed E-state index contributed by atoms with van der Waals surface area (Å²) < 4.78 is 0. The minimum atomic E-state index is 1.00. The minimum absolute atomic E-state index is 1.00. The predicted molar refractivity (Wildman–Crippen MR) is 166 cm³/mol. The van der Waals surface area contributed by atoms with Crippen molar-refractivity contribution in [1.82, 2.24) is 0 Å². The van der Waals surface area contributed by atoms with E-state index in [0.717, 1.165) is 6.42 Å². The molecule has 39 heavy (non-hydrogen) atoms. The zero-order valence-electron chi connectivity index (χ0n) is 21.6. The maximum Gasteiger partial charge on any atom is -0.00132 e. The van der Waals surface area contributed by atoms with Crippen LogP contribution in [0.3, 0.4) is 0 Å². The van der Waals surface area contributed by atoms with Crippen molar-refractivity contribution in [3.8, 4) is 44.5 Å². The fourth-order valence-electron chi connectivity index (χ4n) is 6.61. The van der Waals surface area contributed by atoms with Gasteiger partial charge in [0, 0.05) is 0 Å². The monoisotopic (exact) mass is 494 g/mol. The predicted octanol–water partition coefficient (Wildman–Crippen LogP) is 10.6. The lowest BCUT2D eigenvalue weighted by atomic mass is 9.84. The Morgan fingerprint density at radius 2 is 0.846 bits per heavy atom. The van der Waals surface area contributed by atoms with E-state index in [9.17, 15) is 0 Å². The third-order valence-electron chi connectivity index (χ3n) is 8.28. The maximum atomic E-state index is 2.44. The van der Waals surface area contributed by atoms with Crippen LogP contribution in [0.2, 0.25) is 0 Å². The van der Waals surface area contributed by atoms with Crippen LogP contribution >= 0.6 is 0 Å². The van der Waals surface area contributed by atoms with Crippen molar-refractivity contribution in [2.24, 2.45) is 0 Å². The van der Waals surface area contributed by atoms with Crippen molar-refractivity contribution >= 4 is 21.5 Å². The van der Waals surface area contributed by atoms with E-state index in [2.05, 4.69) is 146 Å². The van der Waals surface area contributed by atoms with Crippen LogP contribution in [0.5, 0.6) is 0 Å². The fraction of sp³-hybridized carbons (Fsp3) is 0.0256. The Kier molecular flexibility index (Phi) is 5.00. The number of benzene rings is 7. The topological polar surface area (TPSA) is 0 Å². The third-order valence-corrected chi connectivity index (χ3v) is 8.28. The number of fused-ring (bicyclic) bond motifs is 5. The van der Waals surface area contributed by atoms with Gasteiger partial charge < -0.3 is 0 Å². The highest BCUT2D eigenvalue weighted by atomic mass is 14.3. The van der Waals surface area contributed by atoms with Gasteiger partial charge in [0.15, 0.2) is 0 Å². The number of hydrogen-bond donors (Lipinski definition) is 0. The molecule has 0 amide bonds. The van der Waals surface area contributed by atoms with Crippen molar-refractivity contribution in [2.75, 3.05) is 0 Å². The minimum Gasteiger partial charge on any atom is -0.0622 e. The maximum absolute atomic E-state index is 2.44. The number of rotatable bonds is 3. The lowest BCUT2D eigenvalue weighted by Gasteiger charge is -2.19. The fourth-order valence-corrected chi connectivity index (χ4v) is 6.61. The summed E-state index contributed by atoms with van der Waals surface area (Å²) in [5.74, 6) is 0. The van der Waals surface area contributed by atoms with Crippen LogP contribution in [0.1, 0.15) is 11.1 Å². The first kappa shape index (κ1) is 22.1. The molecule has 0 aromatic heterocycles. The molecule has 0 atom stereocenters. The summed E-state index contributed by atoms with van der Waals surface area (Å²) in [6.07, 6.45) is 1.00. The third kappa shape index (κ3) is 3.46. The first-order valence-corrected chi connectivity index (χ1v) is 13.7. The van der Waals surface area contributed by atoms with Crippen molar-refractivity contribution in [2.45, 2.75) is 6.42 Å². The van der Waals surface area contributed by atoms with Gasteiger partial charge in [-0.2, -0.15) is 0 Å². The van der Waals surface area contributed by atoms with Crippen LogP contribution in [0.25, 0.3) is 66.1 Å². The van der Waals surface area contributed by atoms with Gasteiger partial charge in [-0.25, -0.2) is 0 Å². The van der Waals surface area contributed by atoms with Gasteiger partial charge >= 0.3 is 0 Å². The molecular weight excluding hydrogens is 468 g/mol. The molecule has 0 radical (unpaired) electrons. The zero-order chi connectivity index (χ0) is 25.8. The molecule has 0 bridgehead atoms. The highest BCUT2D eigenvalue weighted by molar-refractivity contribution is 6.22. The van der Waals surface area contributed by atoms with Crippen molar-refractivity contribution < 1.29 is 0 Å². The summed E-state index contributed by atoms with van der Waals surface area (Å²) in [7, 11) is 0. The molecule has 8 rings (SSSR count). The van der Waals surface area contributed by atoms with Crippen LogP contribution in [0, 0.1) is 0 Å². The first-order valence-electron chi connectivity index (χ1n) is 13.7. The smallest absolute Gasteiger partial charge is 0.00132 e. The molecular formula is C39H26. The van der Waals surface area contributed by atoms with Crippen LogP contribution in [-0.4, -0.2) is 0 Å². The van der Waals surface area contributed by atoms with Gasteiger partial charge in [0.25, 0.3) is 0 Å². The highest BCUT2D eigenvalue weighted by Gasteiger charge is 2.22. The Morgan fingerprint density at radius 3 is 1.56 bits per heavy atom. The molecule has 0 nitrogen and oxygen atoms in total. The second-order valence-electron chi connectivity index (χ2n) is 10.5. The number of hydrogen-bond acceptors (Lipinski definition) is 0. The van der Waals surface area contributed by atoms with Crippen molar-refractivity contribution in [1.29, 1.82) is 0 Å². The van der Waals surface area contributed by atoms with Gasteiger partial charge in [-0.1, -0.05) is 140 Å². The Labute approximate surface area is 228 Å². The van der Waals surface area contributed by atoms with E-state index in [1.165, 1.54) is 77.2 Å². The van der Waals surface area contributed by atoms with Gasteiger partial charge in [-0.3, -0.25) is 0 Å². The zero-order valence-corrected chi connectivity index (χ0v) is 21.6. The Hall–Kier alpha value is -4.94. The van der Waals surface area contributed by atoms with Crippen LogP contribution in [0.4, 0.5) is 0 Å². The summed E-state index contributed by atoms with van der Waals surface area (Å²) in [4.78, 5) is 0. The van der Waals surface area contributed by atoms with E-state index < -0.39 is 0 Å². The van der Waals surface area contributed by atoms with E-state index in [1.807, 2.05) is 0 Å². The van der Waals surface area contributed by atoms with Gasteiger partial charge in [0.1, 0.15) is 0 Å². The molecule has 0 fully saturated rings. The molecule has 0 saturated heterocycles. The molecule has 0 aliphatic heterocycles. The second-order valence-corrected chi connectivity index (χ2v) is 10.5. The van der Waals surface area contributed by atoms with E-state index in [4.69, 9.17) is 0 Å². The largest absolute Gasteiger partial charge is 0.0622 e. The average Bonchev–Trinajstić information content (AvgIpc) is 3.39. The highest BCUT2D eigenvalue weighted by Crippen LogP contribution is 2.47. The van der Waals surface area contributed by atoms with E-state index in [1.54, 1.807) is 0 Å². The molecule has 0 saturated carbocycles. The Balaban J connectivity index is 1.49. The normalized spacial score (nSPS) is 12.0. The first-order chi connectivity index (χ1) is 19.4. The Bertz CT molecular complexity index is 2010. The molecule has 7 aromatic rings. The summed E-state index contributed by atoms with van der Waals surface area (Å²) in [5, 5.41) is 5.16. The van der Waals surface area contributed by atoms with E-state index in [-0.39, 0.29) is 0 Å². The lowest BCUT2D eigenvalue weighted by molar-refractivity contribution is 1.26. The lowest BCUT2D eigenvalue weighted by Crippen LogP contribution is -1.92.